The zero-order valence-electron chi connectivity index (χ0n) is 21.0. The first kappa shape index (κ1) is 27.9. The van der Waals surface area contributed by atoms with Gasteiger partial charge in [-0.05, 0) is 56.5 Å². The van der Waals surface area contributed by atoms with Crippen LogP contribution in [0.4, 0.5) is 13.2 Å². The number of halogens is 3. The van der Waals surface area contributed by atoms with Crippen LogP contribution in [0.2, 0.25) is 25.7 Å². The second-order valence-corrected chi connectivity index (χ2v) is 18.9. The maximum Gasteiger partial charge on any atom is 0.394 e. The van der Waals surface area contributed by atoms with Gasteiger partial charge >= 0.3 is 6.18 Å². The quantitative estimate of drug-likeness (QED) is 0.306. The van der Waals surface area contributed by atoms with Crippen LogP contribution >= 0.6 is 0 Å². The summed E-state index contributed by atoms with van der Waals surface area (Å²) in [6.45, 7) is 10.8. The van der Waals surface area contributed by atoms with Crippen molar-refractivity contribution in [3.63, 3.8) is 0 Å². The van der Waals surface area contributed by atoms with Crippen LogP contribution in [0, 0.1) is 6.92 Å². The van der Waals surface area contributed by atoms with Crippen molar-refractivity contribution in [2.24, 2.45) is 0 Å². The molecule has 1 fully saturated rings. The van der Waals surface area contributed by atoms with Gasteiger partial charge in [-0.1, -0.05) is 31.8 Å². The van der Waals surface area contributed by atoms with Gasteiger partial charge in [0.15, 0.2) is 9.84 Å². The van der Waals surface area contributed by atoms with Crippen LogP contribution in [0.1, 0.15) is 42.8 Å². The largest absolute Gasteiger partial charge is 0.394 e. The van der Waals surface area contributed by atoms with E-state index >= 15 is 0 Å². The number of benzene rings is 1. The molecule has 0 bridgehead atoms. The smallest absolute Gasteiger partial charge is 0.372 e. The fraction of sp³-hybridized carbons (Fsp3) is 0.625. The van der Waals surface area contributed by atoms with E-state index in [0.717, 1.165) is 11.6 Å². The molecule has 0 spiro atoms. The highest BCUT2D eigenvalue weighted by molar-refractivity contribution is 7.92. The van der Waals surface area contributed by atoms with Crippen LogP contribution in [-0.2, 0) is 32.5 Å². The first-order valence-electron chi connectivity index (χ1n) is 11.7. The molecule has 1 aliphatic rings. The Morgan fingerprint density at radius 2 is 1.97 bits per heavy atom. The normalized spacial score (nSPS) is 21.9. The van der Waals surface area contributed by atoms with Crippen molar-refractivity contribution < 1.29 is 31.1 Å². The molecule has 35 heavy (non-hydrogen) atoms. The SMILES string of the molecule is Cc1cccc(S(=O)(=O)C2(C)CCOC(c3cc(CC(F)(F)F)nn3COCC[Si](C)(C)C)C2)c1. The molecule has 196 valence electrons. The summed E-state index contributed by atoms with van der Waals surface area (Å²) in [6.07, 6.45) is -5.91. The summed E-state index contributed by atoms with van der Waals surface area (Å²) in [5, 5.41) is 4.14. The summed E-state index contributed by atoms with van der Waals surface area (Å²) >= 11 is 0. The molecule has 11 heteroatoms. The van der Waals surface area contributed by atoms with Crippen molar-refractivity contribution in [3.8, 4) is 0 Å². The summed E-state index contributed by atoms with van der Waals surface area (Å²) in [5.74, 6) is 0. The lowest BCUT2D eigenvalue weighted by molar-refractivity contribution is -0.128. The third-order valence-corrected chi connectivity index (χ3v) is 10.5. The fourth-order valence-corrected chi connectivity index (χ4v) is 6.79. The molecule has 0 N–H and O–H groups in total. The molecule has 2 heterocycles. The van der Waals surface area contributed by atoms with E-state index in [2.05, 4.69) is 24.7 Å². The minimum absolute atomic E-state index is 0.0150. The van der Waals surface area contributed by atoms with Gasteiger partial charge in [-0.15, -0.1) is 0 Å². The molecule has 0 saturated carbocycles. The molecule has 1 aromatic heterocycles. The van der Waals surface area contributed by atoms with Crippen LogP contribution in [-0.4, -0.2) is 50.4 Å². The minimum atomic E-state index is -4.41. The van der Waals surface area contributed by atoms with Crippen molar-refractivity contribution in [3.05, 3.63) is 47.3 Å². The molecule has 3 rings (SSSR count). The average molecular weight is 533 g/mol. The predicted molar refractivity (Wildman–Crippen MR) is 131 cm³/mol. The summed E-state index contributed by atoms with van der Waals surface area (Å²) in [5.41, 5.74) is 1.10. The van der Waals surface area contributed by atoms with E-state index in [-0.39, 0.29) is 36.8 Å². The van der Waals surface area contributed by atoms with Crippen molar-refractivity contribution in [2.45, 2.75) is 87.4 Å². The zero-order valence-corrected chi connectivity index (χ0v) is 22.8. The molecule has 1 aliphatic heterocycles. The second kappa shape index (κ2) is 10.4. The Morgan fingerprint density at radius 3 is 2.60 bits per heavy atom. The number of ether oxygens (including phenoxy) is 2. The third-order valence-electron chi connectivity index (χ3n) is 6.30. The average Bonchev–Trinajstić information content (AvgIpc) is 3.11. The monoisotopic (exact) mass is 532 g/mol. The maximum atomic E-state index is 13.6. The molecular weight excluding hydrogens is 497 g/mol. The van der Waals surface area contributed by atoms with Gasteiger partial charge in [0.1, 0.15) is 12.8 Å². The standard InChI is InChI=1S/C24H35F3N2O4SSi/c1-18-7-6-8-20(13-18)34(30,31)23(2)9-10-33-22(16-23)21-14-19(15-24(25,26)27)28-29(21)17-32-11-12-35(3,4)5/h6-8,13-14,22H,9-12,15-17H2,1-5H3. The Morgan fingerprint density at radius 1 is 1.26 bits per heavy atom. The Balaban J connectivity index is 1.87. The molecular formula is C24H35F3N2O4SSi. The maximum absolute atomic E-state index is 13.6. The number of nitrogens with zero attached hydrogens (tertiary/aromatic N) is 2. The van der Waals surface area contributed by atoms with E-state index in [1.807, 2.05) is 13.0 Å². The Bertz CT molecular complexity index is 1130. The van der Waals surface area contributed by atoms with Crippen LogP contribution in [0.5, 0.6) is 0 Å². The number of hydrogen-bond acceptors (Lipinski definition) is 5. The molecule has 0 amide bonds. The minimum Gasteiger partial charge on any atom is -0.372 e. The molecule has 1 aromatic carbocycles. The Labute approximate surface area is 206 Å². The highest BCUT2D eigenvalue weighted by Gasteiger charge is 2.46. The van der Waals surface area contributed by atoms with Crippen molar-refractivity contribution >= 4 is 17.9 Å². The van der Waals surface area contributed by atoms with Crippen LogP contribution < -0.4 is 0 Å². The van der Waals surface area contributed by atoms with Crippen molar-refractivity contribution in [1.82, 2.24) is 9.78 Å². The van der Waals surface area contributed by atoms with Gasteiger partial charge in [-0.3, -0.25) is 0 Å². The number of rotatable bonds is 9. The number of aryl methyl sites for hydroxylation is 1. The topological polar surface area (TPSA) is 70.4 Å². The van der Waals surface area contributed by atoms with E-state index in [1.54, 1.807) is 25.1 Å². The number of alkyl halides is 3. The number of aromatic nitrogens is 2. The van der Waals surface area contributed by atoms with Crippen LogP contribution in [0.3, 0.4) is 0 Å². The molecule has 2 atom stereocenters. The zero-order chi connectivity index (χ0) is 26.1. The van der Waals surface area contributed by atoms with Crippen molar-refractivity contribution in [1.29, 1.82) is 0 Å². The predicted octanol–water partition coefficient (Wildman–Crippen LogP) is 5.69. The molecule has 1 saturated heterocycles. The van der Waals surface area contributed by atoms with Gasteiger partial charge < -0.3 is 9.47 Å². The number of sulfone groups is 1. The van der Waals surface area contributed by atoms with E-state index in [0.29, 0.717) is 12.3 Å². The molecule has 6 nitrogen and oxygen atoms in total. The van der Waals surface area contributed by atoms with Crippen molar-refractivity contribution in [2.75, 3.05) is 13.2 Å². The first-order chi connectivity index (χ1) is 16.1. The summed E-state index contributed by atoms with van der Waals surface area (Å²) in [4.78, 5) is 0.238. The lowest BCUT2D eigenvalue weighted by Gasteiger charge is -2.37. The summed E-state index contributed by atoms with van der Waals surface area (Å²) in [6, 6.07) is 9.03. The van der Waals surface area contributed by atoms with Gasteiger partial charge in [0, 0.05) is 21.3 Å². The van der Waals surface area contributed by atoms with Gasteiger partial charge in [-0.2, -0.15) is 18.3 Å². The Kier molecular flexibility index (Phi) is 8.25. The summed E-state index contributed by atoms with van der Waals surface area (Å²) < 4.78 is 78.3. The fourth-order valence-electron chi connectivity index (χ4n) is 4.14. The van der Waals surface area contributed by atoms with Gasteiger partial charge in [0.2, 0.25) is 0 Å². The molecule has 0 aliphatic carbocycles. The molecule has 2 unspecified atom stereocenters. The number of hydrogen-bond donors (Lipinski definition) is 0. The lowest BCUT2D eigenvalue weighted by Crippen LogP contribution is -2.42. The van der Waals surface area contributed by atoms with Gasteiger partial charge in [0.25, 0.3) is 0 Å². The van der Waals surface area contributed by atoms with Gasteiger partial charge in [-0.25, -0.2) is 13.1 Å². The molecule has 2 aromatic rings. The van der Waals surface area contributed by atoms with Crippen LogP contribution in [0.25, 0.3) is 0 Å². The van der Waals surface area contributed by atoms with Gasteiger partial charge in [0.05, 0.1) is 27.5 Å². The third kappa shape index (κ3) is 7.18. The lowest BCUT2D eigenvalue weighted by atomic mass is 9.94. The van der Waals surface area contributed by atoms with E-state index in [4.69, 9.17) is 9.47 Å². The van der Waals surface area contributed by atoms with E-state index in [1.165, 1.54) is 10.7 Å². The first-order valence-corrected chi connectivity index (χ1v) is 16.9. The van der Waals surface area contributed by atoms with Crippen LogP contribution in [0.15, 0.2) is 35.2 Å². The van der Waals surface area contributed by atoms with E-state index < -0.39 is 41.4 Å². The Hall–Kier alpha value is -1.69. The molecule has 0 radical (unpaired) electrons. The summed E-state index contributed by atoms with van der Waals surface area (Å²) in [7, 11) is -5.05. The van der Waals surface area contributed by atoms with E-state index in [9.17, 15) is 21.6 Å². The second-order valence-electron chi connectivity index (χ2n) is 10.8. The highest BCUT2D eigenvalue weighted by atomic mass is 32.2. The highest BCUT2D eigenvalue weighted by Crippen LogP contribution is 2.42.